The molecule has 1 atom stereocenters. The van der Waals surface area contributed by atoms with Crippen LogP contribution in [0.2, 0.25) is 0 Å². The smallest absolute Gasteiger partial charge is 0.307 e. The van der Waals surface area contributed by atoms with Crippen LogP contribution >= 0.6 is 0 Å². The zero-order valence-electron chi connectivity index (χ0n) is 12.4. The molecule has 1 unspecified atom stereocenters. The number of methoxy groups -OCH3 is 1. The van der Waals surface area contributed by atoms with Crippen molar-refractivity contribution in [1.82, 2.24) is 4.90 Å². The number of benzene rings is 1. The number of hydrogen-bond acceptors (Lipinski definition) is 4. The zero-order valence-corrected chi connectivity index (χ0v) is 12.4. The van der Waals surface area contributed by atoms with Gasteiger partial charge in [0.05, 0.1) is 19.6 Å². The predicted molar refractivity (Wildman–Crippen MR) is 80.6 cm³/mol. The number of rotatable bonds is 9. The highest BCUT2D eigenvalue weighted by molar-refractivity contribution is 5.69. The highest BCUT2D eigenvalue weighted by Gasteiger charge is 2.15. The van der Waals surface area contributed by atoms with Crippen LogP contribution in [-0.4, -0.2) is 49.3 Å². The van der Waals surface area contributed by atoms with Crippen molar-refractivity contribution in [3.8, 4) is 23.8 Å². The lowest BCUT2D eigenvalue weighted by Gasteiger charge is -2.21. The maximum atomic E-state index is 10.9. The van der Waals surface area contributed by atoms with E-state index in [9.17, 15) is 4.79 Å². The van der Waals surface area contributed by atoms with Gasteiger partial charge in [-0.3, -0.25) is 9.69 Å². The summed E-state index contributed by atoms with van der Waals surface area (Å²) in [6.45, 7) is 3.50. The van der Waals surface area contributed by atoms with Gasteiger partial charge in [0.1, 0.15) is 18.1 Å². The first-order valence-electron chi connectivity index (χ1n) is 6.72. The largest absolute Gasteiger partial charge is 0.497 e. The molecule has 0 fully saturated rings. The summed E-state index contributed by atoms with van der Waals surface area (Å²) < 4.78 is 10.7. The lowest BCUT2D eigenvalue weighted by molar-refractivity contribution is -0.141. The molecule has 0 saturated heterocycles. The Labute approximate surface area is 125 Å². The number of nitrogens with zero attached hydrogens (tertiary/aromatic N) is 1. The molecule has 1 N–H and O–H groups in total. The van der Waals surface area contributed by atoms with E-state index in [0.717, 1.165) is 11.5 Å². The lowest BCUT2D eigenvalue weighted by atomic mass is 10.1. The average molecular weight is 291 g/mol. The van der Waals surface area contributed by atoms with Gasteiger partial charge in [0.15, 0.2) is 0 Å². The second-order valence-electron chi connectivity index (χ2n) is 4.70. The van der Waals surface area contributed by atoms with Crippen LogP contribution in [0.3, 0.4) is 0 Å². The first kappa shape index (κ1) is 16.9. The molecule has 0 amide bonds. The molecule has 21 heavy (non-hydrogen) atoms. The standard InChI is InChI=1S/C16H21NO4/c1-4-9-17(12-13(2)16(18)19)10-11-21-15-7-5-14(20-3)6-8-15/h1,5-8,13H,9-12H2,2-3H3,(H,18,19). The summed E-state index contributed by atoms with van der Waals surface area (Å²) in [6.07, 6.45) is 5.30. The Hall–Kier alpha value is -2.19. The summed E-state index contributed by atoms with van der Waals surface area (Å²) >= 11 is 0. The molecule has 1 aromatic carbocycles. The Bertz CT molecular complexity index is 478. The van der Waals surface area contributed by atoms with Crippen LogP contribution < -0.4 is 9.47 Å². The zero-order chi connectivity index (χ0) is 15.7. The summed E-state index contributed by atoms with van der Waals surface area (Å²) in [6, 6.07) is 7.29. The predicted octanol–water partition coefficient (Wildman–Crippen LogP) is 1.73. The summed E-state index contributed by atoms with van der Waals surface area (Å²) in [5.74, 6) is 2.76. The van der Waals surface area contributed by atoms with Gasteiger partial charge in [0.25, 0.3) is 0 Å². The summed E-state index contributed by atoms with van der Waals surface area (Å²) in [5, 5.41) is 8.93. The van der Waals surface area contributed by atoms with Gasteiger partial charge >= 0.3 is 5.97 Å². The Kier molecular flexibility index (Phi) is 7.13. The third kappa shape index (κ3) is 6.19. The monoisotopic (exact) mass is 291 g/mol. The van der Waals surface area contributed by atoms with Gasteiger partial charge in [0, 0.05) is 13.1 Å². The molecule has 114 valence electrons. The second-order valence-corrected chi connectivity index (χ2v) is 4.70. The molecule has 5 heteroatoms. The summed E-state index contributed by atoms with van der Waals surface area (Å²) in [7, 11) is 1.61. The van der Waals surface area contributed by atoms with Crippen molar-refractivity contribution < 1.29 is 19.4 Å². The molecule has 1 aromatic rings. The summed E-state index contributed by atoms with van der Waals surface area (Å²) in [5.41, 5.74) is 0. The molecule has 0 saturated carbocycles. The van der Waals surface area contributed by atoms with Gasteiger partial charge in [-0.05, 0) is 24.3 Å². The van der Waals surface area contributed by atoms with Crippen molar-refractivity contribution in [3.63, 3.8) is 0 Å². The van der Waals surface area contributed by atoms with Gasteiger partial charge in [-0.1, -0.05) is 12.8 Å². The Morgan fingerprint density at radius 3 is 2.52 bits per heavy atom. The Balaban J connectivity index is 2.42. The van der Waals surface area contributed by atoms with Gasteiger partial charge < -0.3 is 14.6 Å². The van der Waals surface area contributed by atoms with Crippen molar-refractivity contribution >= 4 is 5.97 Å². The topological polar surface area (TPSA) is 59.0 Å². The molecule has 0 radical (unpaired) electrons. The number of carboxylic acids is 1. The fraction of sp³-hybridized carbons (Fsp3) is 0.438. The van der Waals surface area contributed by atoms with Crippen molar-refractivity contribution in [2.45, 2.75) is 6.92 Å². The molecule has 0 spiro atoms. The Morgan fingerprint density at radius 1 is 1.38 bits per heavy atom. The van der Waals surface area contributed by atoms with Crippen molar-refractivity contribution in [2.24, 2.45) is 5.92 Å². The van der Waals surface area contributed by atoms with Crippen LogP contribution in [0.15, 0.2) is 24.3 Å². The fourth-order valence-electron chi connectivity index (χ4n) is 1.79. The number of aliphatic carboxylic acids is 1. The fourth-order valence-corrected chi connectivity index (χ4v) is 1.79. The van der Waals surface area contributed by atoms with Crippen molar-refractivity contribution in [3.05, 3.63) is 24.3 Å². The van der Waals surface area contributed by atoms with Crippen LogP contribution in [0.25, 0.3) is 0 Å². The highest BCUT2D eigenvalue weighted by atomic mass is 16.5. The molecule has 0 bridgehead atoms. The maximum absolute atomic E-state index is 10.9. The normalized spacial score (nSPS) is 11.7. The van der Waals surface area contributed by atoms with Gasteiger partial charge in [-0.25, -0.2) is 0 Å². The molecule has 0 aromatic heterocycles. The third-order valence-electron chi connectivity index (χ3n) is 3.00. The Morgan fingerprint density at radius 2 is 2.00 bits per heavy atom. The SMILES string of the molecule is C#CCN(CCOc1ccc(OC)cc1)CC(C)C(=O)O. The minimum atomic E-state index is -0.826. The number of carbonyl (C=O) groups is 1. The summed E-state index contributed by atoms with van der Waals surface area (Å²) in [4.78, 5) is 12.8. The maximum Gasteiger partial charge on any atom is 0.307 e. The minimum Gasteiger partial charge on any atom is -0.497 e. The van der Waals surface area contributed by atoms with Crippen LogP contribution in [0.1, 0.15) is 6.92 Å². The van der Waals surface area contributed by atoms with Gasteiger partial charge in [-0.2, -0.15) is 0 Å². The van der Waals surface area contributed by atoms with Crippen LogP contribution in [0, 0.1) is 18.3 Å². The highest BCUT2D eigenvalue weighted by Crippen LogP contribution is 2.16. The molecular weight excluding hydrogens is 270 g/mol. The molecule has 5 nitrogen and oxygen atoms in total. The molecule has 0 aliphatic carbocycles. The van der Waals surface area contributed by atoms with Crippen molar-refractivity contribution in [2.75, 3.05) is 33.4 Å². The number of hydrogen-bond donors (Lipinski definition) is 1. The van der Waals surface area contributed by atoms with E-state index in [2.05, 4.69) is 5.92 Å². The van der Waals surface area contributed by atoms with E-state index in [1.807, 2.05) is 29.2 Å². The van der Waals surface area contributed by atoms with Crippen LogP contribution in [0.5, 0.6) is 11.5 Å². The molecule has 0 heterocycles. The number of carboxylic acid groups (broad SMARTS) is 1. The van der Waals surface area contributed by atoms with E-state index in [4.69, 9.17) is 21.0 Å². The number of ether oxygens (including phenoxy) is 2. The average Bonchev–Trinajstić information content (AvgIpc) is 2.48. The van der Waals surface area contributed by atoms with E-state index in [-0.39, 0.29) is 0 Å². The lowest BCUT2D eigenvalue weighted by Crippen LogP contribution is -2.35. The van der Waals surface area contributed by atoms with E-state index in [1.165, 1.54) is 0 Å². The van der Waals surface area contributed by atoms with Gasteiger partial charge in [0.2, 0.25) is 0 Å². The van der Waals surface area contributed by atoms with E-state index in [1.54, 1.807) is 14.0 Å². The first-order chi connectivity index (χ1) is 10.1. The number of terminal acetylenes is 1. The molecule has 0 aliphatic heterocycles. The molecule has 1 rings (SSSR count). The van der Waals surface area contributed by atoms with Crippen molar-refractivity contribution in [1.29, 1.82) is 0 Å². The second kappa shape index (κ2) is 8.88. The van der Waals surface area contributed by atoms with Crippen LogP contribution in [0.4, 0.5) is 0 Å². The quantitative estimate of drug-likeness (QED) is 0.702. The van der Waals surface area contributed by atoms with E-state index in [0.29, 0.717) is 26.2 Å². The van der Waals surface area contributed by atoms with E-state index >= 15 is 0 Å². The first-order valence-corrected chi connectivity index (χ1v) is 6.72. The minimum absolute atomic E-state index is 0.406. The van der Waals surface area contributed by atoms with E-state index < -0.39 is 11.9 Å². The van der Waals surface area contributed by atoms with Gasteiger partial charge in [-0.15, -0.1) is 6.42 Å². The molecular formula is C16H21NO4. The molecule has 0 aliphatic rings. The van der Waals surface area contributed by atoms with Crippen LogP contribution in [-0.2, 0) is 4.79 Å². The third-order valence-corrected chi connectivity index (χ3v) is 3.00.